The van der Waals surface area contributed by atoms with E-state index in [2.05, 4.69) is 12.1 Å². The van der Waals surface area contributed by atoms with Crippen LogP contribution >= 0.6 is 0 Å². The number of hydrogen-bond acceptors (Lipinski definition) is 4. The Labute approximate surface area is 201 Å². The van der Waals surface area contributed by atoms with Crippen LogP contribution in [0.15, 0.2) is 71.1 Å². The number of benzene rings is 2. The summed E-state index contributed by atoms with van der Waals surface area (Å²) in [5.74, 6) is 1.34. The van der Waals surface area contributed by atoms with Gasteiger partial charge in [0, 0.05) is 31.8 Å². The van der Waals surface area contributed by atoms with Crippen LogP contribution in [0.1, 0.15) is 35.5 Å². The highest BCUT2D eigenvalue weighted by atomic mass is 19.1. The van der Waals surface area contributed by atoms with E-state index in [0.29, 0.717) is 31.7 Å². The molecule has 1 atom stereocenters. The fourth-order valence-corrected chi connectivity index (χ4v) is 4.38. The molecule has 2 heterocycles. The normalized spacial score (nSPS) is 15.7. The third-order valence-electron chi connectivity index (χ3n) is 6.21. The van der Waals surface area contributed by atoms with E-state index >= 15 is 0 Å². The number of amides is 1. The summed E-state index contributed by atoms with van der Waals surface area (Å²) in [4.78, 5) is 17.4. The molecular formula is C28H33FN2O3. The van der Waals surface area contributed by atoms with Crippen LogP contribution in [-0.2, 0) is 29.0 Å². The van der Waals surface area contributed by atoms with Gasteiger partial charge in [-0.05, 0) is 49.9 Å². The number of nitrogens with zero attached hydrogens (tertiary/aromatic N) is 2. The van der Waals surface area contributed by atoms with Gasteiger partial charge in [0.15, 0.2) is 0 Å². The molecule has 1 saturated heterocycles. The Bertz CT molecular complexity index is 1050. The van der Waals surface area contributed by atoms with Gasteiger partial charge in [0.25, 0.3) is 0 Å². The van der Waals surface area contributed by atoms with Gasteiger partial charge in [-0.1, -0.05) is 48.5 Å². The number of ether oxygens (including phenoxy) is 1. The van der Waals surface area contributed by atoms with Crippen LogP contribution in [0.5, 0.6) is 0 Å². The minimum Gasteiger partial charge on any atom is -0.464 e. The third kappa shape index (κ3) is 7.02. The number of carbonyl (C=O) groups excluding carboxylic acids is 1. The summed E-state index contributed by atoms with van der Waals surface area (Å²) in [6.45, 7) is 4.80. The quantitative estimate of drug-likeness (QED) is 0.402. The van der Waals surface area contributed by atoms with Crippen LogP contribution in [0.4, 0.5) is 4.39 Å². The Morgan fingerprint density at radius 2 is 1.82 bits per heavy atom. The van der Waals surface area contributed by atoms with E-state index in [9.17, 15) is 9.18 Å². The zero-order chi connectivity index (χ0) is 23.8. The number of halogens is 1. The molecule has 0 N–H and O–H groups in total. The smallest absolute Gasteiger partial charge is 0.237 e. The molecule has 2 aromatic carbocycles. The average Bonchev–Trinajstić information content (AvgIpc) is 3.50. The van der Waals surface area contributed by atoms with E-state index in [1.807, 2.05) is 53.1 Å². The Morgan fingerprint density at radius 3 is 2.53 bits per heavy atom. The molecule has 1 aliphatic rings. The van der Waals surface area contributed by atoms with Crippen molar-refractivity contribution in [2.75, 3.05) is 26.2 Å². The Kier molecular flexibility index (Phi) is 8.50. The lowest BCUT2D eigenvalue weighted by Gasteiger charge is -2.29. The van der Waals surface area contributed by atoms with Crippen molar-refractivity contribution in [1.82, 2.24) is 9.80 Å². The van der Waals surface area contributed by atoms with Gasteiger partial charge in [-0.25, -0.2) is 4.39 Å². The summed E-state index contributed by atoms with van der Waals surface area (Å²) in [6.07, 6.45) is 2.81. The molecule has 1 amide bonds. The lowest BCUT2D eigenvalue weighted by Crippen LogP contribution is -2.43. The van der Waals surface area contributed by atoms with E-state index in [1.165, 1.54) is 11.6 Å². The van der Waals surface area contributed by atoms with Crippen molar-refractivity contribution in [2.45, 2.75) is 45.4 Å². The minimum absolute atomic E-state index is 0.000629. The average molecular weight is 465 g/mol. The van der Waals surface area contributed by atoms with E-state index in [1.54, 1.807) is 12.1 Å². The van der Waals surface area contributed by atoms with Gasteiger partial charge in [0.1, 0.15) is 17.3 Å². The monoisotopic (exact) mass is 464 g/mol. The third-order valence-corrected chi connectivity index (χ3v) is 6.21. The zero-order valence-electron chi connectivity index (χ0n) is 19.8. The highest BCUT2D eigenvalue weighted by Crippen LogP contribution is 2.18. The van der Waals surface area contributed by atoms with Crippen molar-refractivity contribution in [3.8, 4) is 0 Å². The molecule has 6 heteroatoms. The summed E-state index contributed by atoms with van der Waals surface area (Å²) in [5.41, 5.74) is 1.77. The molecule has 0 aliphatic carbocycles. The van der Waals surface area contributed by atoms with Crippen molar-refractivity contribution < 1.29 is 18.3 Å². The maximum absolute atomic E-state index is 14.4. The van der Waals surface area contributed by atoms with Crippen molar-refractivity contribution in [3.63, 3.8) is 0 Å². The van der Waals surface area contributed by atoms with Gasteiger partial charge in [-0.15, -0.1) is 0 Å². The molecule has 1 aliphatic heterocycles. The molecule has 34 heavy (non-hydrogen) atoms. The first-order chi connectivity index (χ1) is 16.6. The summed E-state index contributed by atoms with van der Waals surface area (Å²) >= 11 is 0. The Hall–Kier alpha value is -2.96. The van der Waals surface area contributed by atoms with Gasteiger partial charge >= 0.3 is 0 Å². The van der Waals surface area contributed by atoms with E-state index in [-0.39, 0.29) is 24.4 Å². The van der Waals surface area contributed by atoms with Gasteiger partial charge < -0.3 is 14.1 Å². The number of carbonyl (C=O) groups is 1. The lowest BCUT2D eigenvalue weighted by molar-refractivity contribution is -0.133. The van der Waals surface area contributed by atoms with Crippen molar-refractivity contribution >= 4 is 5.91 Å². The second kappa shape index (κ2) is 12.0. The predicted molar refractivity (Wildman–Crippen MR) is 130 cm³/mol. The predicted octanol–water partition coefficient (Wildman–Crippen LogP) is 4.98. The Balaban J connectivity index is 1.48. The maximum Gasteiger partial charge on any atom is 0.237 e. The highest BCUT2D eigenvalue weighted by molar-refractivity contribution is 5.78. The molecule has 4 rings (SSSR count). The van der Waals surface area contributed by atoms with Crippen LogP contribution in [0.2, 0.25) is 0 Å². The van der Waals surface area contributed by atoms with Gasteiger partial charge in [-0.2, -0.15) is 0 Å². The number of aryl methyl sites for hydroxylation is 1. The molecule has 0 saturated carbocycles. The molecule has 1 aromatic heterocycles. The van der Waals surface area contributed by atoms with E-state index in [0.717, 1.165) is 37.4 Å². The maximum atomic E-state index is 14.4. The highest BCUT2D eigenvalue weighted by Gasteiger charge is 2.24. The van der Waals surface area contributed by atoms with Crippen molar-refractivity contribution in [3.05, 3.63) is 95.2 Å². The van der Waals surface area contributed by atoms with Crippen LogP contribution in [-0.4, -0.2) is 48.1 Å². The van der Waals surface area contributed by atoms with Crippen LogP contribution < -0.4 is 0 Å². The van der Waals surface area contributed by atoms with Gasteiger partial charge in [0.05, 0.1) is 19.2 Å². The summed E-state index contributed by atoms with van der Waals surface area (Å²) in [7, 11) is 0. The molecule has 3 aromatic rings. The molecule has 0 radical (unpaired) electrons. The summed E-state index contributed by atoms with van der Waals surface area (Å²) in [6, 6.07) is 20.7. The van der Waals surface area contributed by atoms with E-state index < -0.39 is 0 Å². The van der Waals surface area contributed by atoms with Crippen LogP contribution in [0.3, 0.4) is 0 Å². The molecule has 1 unspecified atom stereocenters. The molecular weight excluding hydrogens is 431 g/mol. The van der Waals surface area contributed by atoms with Crippen LogP contribution in [0, 0.1) is 12.7 Å². The summed E-state index contributed by atoms with van der Waals surface area (Å²) in [5, 5.41) is 0. The minimum atomic E-state index is -0.251. The second-order valence-corrected chi connectivity index (χ2v) is 8.96. The first kappa shape index (κ1) is 24.2. The fraction of sp³-hybridized carbons (Fsp3) is 0.393. The molecule has 5 nitrogen and oxygen atoms in total. The van der Waals surface area contributed by atoms with Crippen LogP contribution in [0.25, 0.3) is 0 Å². The first-order valence-corrected chi connectivity index (χ1v) is 12.0. The standard InChI is InChI=1S/C28H33FN2O3/c1-22-13-14-26(34-22)20-31(16-15-23-8-3-2-4-9-23)28(32)21-30(19-25-11-7-17-33-25)18-24-10-5-6-12-27(24)29/h2-6,8-10,12-14,25H,7,11,15-21H2,1H3. The largest absolute Gasteiger partial charge is 0.464 e. The topological polar surface area (TPSA) is 45.9 Å². The van der Waals surface area contributed by atoms with Gasteiger partial charge in [0.2, 0.25) is 5.91 Å². The SMILES string of the molecule is Cc1ccc(CN(CCc2ccccc2)C(=O)CN(Cc2ccccc2F)CC2CCCO2)o1. The zero-order valence-corrected chi connectivity index (χ0v) is 19.8. The van der Waals surface area contributed by atoms with Gasteiger partial charge in [-0.3, -0.25) is 9.69 Å². The molecule has 1 fully saturated rings. The molecule has 0 bridgehead atoms. The van der Waals surface area contributed by atoms with Crippen molar-refractivity contribution in [2.24, 2.45) is 0 Å². The van der Waals surface area contributed by atoms with Crippen molar-refractivity contribution in [1.29, 1.82) is 0 Å². The second-order valence-electron chi connectivity index (χ2n) is 8.96. The Morgan fingerprint density at radius 1 is 1.03 bits per heavy atom. The van der Waals surface area contributed by atoms with E-state index in [4.69, 9.17) is 9.15 Å². The fourth-order valence-electron chi connectivity index (χ4n) is 4.38. The molecule has 180 valence electrons. The number of hydrogen-bond donors (Lipinski definition) is 0. The molecule has 0 spiro atoms. The number of rotatable bonds is 11. The lowest BCUT2D eigenvalue weighted by atomic mass is 10.1. The summed E-state index contributed by atoms with van der Waals surface area (Å²) < 4.78 is 26.0. The first-order valence-electron chi connectivity index (χ1n) is 12.0. The number of furan rings is 1.